The van der Waals surface area contributed by atoms with Crippen LogP contribution in [0, 0.1) is 13.8 Å². The first kappa shape index (κ1) is 13.6. The summed E-state index contributed by atoms with van der Waals surface area (Å²) < 4.78 is 0. The normalized spacial score (nSPS) is 25.3. The molecule has 2 rings (SSSR count). The number of nitrogens with zero attached hydrogens (tertiary/aromatic N) is 1. The Hall–Kier alpha value is -0.860. The van der Waals surface area contributed by atoms with E-state index in [1.807, 2.05) is 0 Å². The van der Waals surface area contributed by atoms with Crippen LogP contribution in [0.1, 0.15) is 42.4 Å². The van der Waals surface area contributed by atoms with Crippen molar-refractivity contribution in [2.75, 3.05) is 19.6 Å². The van der Waals surface area contributed by atoms with E-state index >= 15 is 0 Å². The molecule has 18 heavy (non-hydrogen) atoms. The van der Waals surface area contributed by atoms with E-state index in [0.29, 0.717) is 12.0 Å². The molecule has 1 aliphatic rings. The van der Waals surface area contributed by atoms with Gasteiger partial charge in [-0.1, -0.05) is 25.1 Å². The van der Waals surface area contributed by atoms with Crippen molar-refractivity contribution < 1.29 is 0 Å². The molecule has 0 spiro atoms. The highest BCUT2D eigenvalue weighted by Gasteiger charge is 2.25. The lowest BCUT2D eigenvalue weighted by atomic mass is 9.87. The van der Waals surface area contributed by atoms with Gasteiger partial charge in [0.15, 0.2) is 0 Å². The monoisotopic (exact) mass is 246 g/mol. The molecule has 1 aromatic carbocycles. The number of benzene rings is 1. The maximum Gasteiger partial charge on any atom is 0.0174 e. The number of hydrogen-bond acceptors (Lipinski definition) is 2. The van der Waals surface area contributed by atoms with Crippen LogP contribution in [0.4, 0.5) is 0 Å². The lowest BCUT2D eigenvalue weighted by Crippen LogP contribution is -2.46. The average Bonchev–Trinajstić information content (AvgIpc) is 2.32. The Morgan fingerprint density at radius 2 is 2.00 bits per heavy atom. The fraction of sp³-hybridized carbons (Fsp3) is 0.625. The lowest BCUT2D eigenvalue weighted by molar-refractivity contribution is 0.189. The van der Waals surface area contributed by atoms with E-state index in [1.54, 1.807) is 0 Å². The Kier molecular flexibility index (Phi) is 4.41. The van der Waals surface area contributed by atoms with Crippen molar-refractivity contribution in [3.8, 4) is 0 Å². The second kappa shape index (κ2) is 5.85. The van der Waals surface area contributed by atoms with E-state index < -0.39 is 0 Å². The van der Waals surface area contributed by atoms with Crippen LogP contribution in [0.25, 0.3) is 0 Å². The summed E-state index contributed by atoms with van der Waals surface area (Å²) in [6, 6.07) is 7.21. The van der Waals surface area contributed by atoms with Crippen LogP contribution in [0.2, 0.25) is 0 Å². The number of aryl methyl sites for hydroxylation is 2. The molecule has 0 saturated carbocycles. The third-order valence-electron chi connectivity index (χ3n) is 4.10. The highest BCUT2D eigenvalue weighted by Crippen LogP contribution is 2.27. The third-order valence-corrected chi connectivity index (χ3v) is 4.10. The second-order valence-electron chi connectivity index (χ2n) is 5.80. The van der Waals surface area contributed by atoms with Crippen molar-refractivity contribution in [3.63, 3.8) is 0 Å². The molecular formula is C16H26N2. The van der Waals surface area contributed by atoms with Crippen molar-refractivity contribution in [2.45, 2.75) is 45.6 Å². The van der Waals surface area contributed by atoms with E-state index in [-0.39, 0.29) is 0 Å². The maximum atomic E-state index is 6.21. The largest absolute Gasteiger partial charge is 0.327 e. The summed E-state index contributed by atoms with van der Waals surface area (Å²) in [5.74, 6) is 0.611. The first-order valence-corrected chi connectivity index (χ1v) is 7.15. The van der Waals surface area contributed by atoms with Crippen LogP contribution in [-0.4, -0.2) is 30.6 Å². The van der Waals surface area contributed by atoms with Crippen LogP contribution in [0.5, 0.6) is 0 Å². The summed E-state index contributed by atoms with van der Waals surface area (Å²) in [6.45, 7) is 10.0. The first-order valence-electron chi connectivity index (χ1n) is 7.15. The van der Waals surface area contributed by atoms with Gasteiger partial charge in [-0.15, -0.1) is 0 Å². The van der Waals surface area contributed by atoms with Gasteiger partial charge in [-0.05, 0) is 55.8 Å². The Bertz CT molecular complexity index is 400. The molecule has 2 nitrogen and oxygen atoms in total. The zero-order valence-electron chi connectivity index (χ0n) is 11.9. The predicted octanol–water partition coefficient (Wildman–Crippen LogP) is 2.83. The predicted molar refractivity (Wildman–Crippen MR) is 78.0 cm³/mol. The van der Waals surface area contributed by atoms with Gasteiger partial charge in [-0.25, -0.2) is 0 Å². The van der Waals surface area contributed by atoms with Gasteiger partial charge in [0.25, 0.3) is 0 Å². The van der Waals surface area contributed by atoms with Gasteiger partial charge in [-0.2, -0.15) is 0 Å². The van der Waals surface area contributed by atoms with E-state index in [4.69, 9.17) is 5.73 Å². The van der Waals surface area contributed by atoms with Crippen molar-refractivity contribution in [3.05, 3.63) is 34.9 Å². The number of hydrogen-bond donors (Lipinski definition) is 1. The van der Waals surface area contributed by atoms with Gasteiger partial charge in [0.05, 0.1) is 0 Å². The molecule has 1 aromatic rings. The molecule has 2 heteroatoms. The van der Waals surface area contributed by atoms with Crippen molar-refractivity contribution >= 4 is 0 Å². The second-order valence-corrected chi connectivity index (χ2v) is 5.80. The SMILES string of the molecule is CCCN1CC(N)CC(c2ccc(C)c(C)c2)C1. The number of likely N-dealkylation sites (tertiary alicyclic amines) is 1. The quantitative estimate of drug-likeness (QED) is 0.888. The van der Waals surface area contributed by atoms with Gasteiger partial charge in [-0.3, -0.25) is 0 Å². The first-order chi connectivity index (χ1) is 8.60. The van der Waals surface area contributed by atoms with E-state index in [0.717, 1.165) is 13.0 Å². The van der Waals surface area contributed by atoms with Gasteiger partial charge < -0.3 is 10.6 Å². The molecule has 0 bridgehead atoms. The maximum absolute atomic E-state index is 6.21. The highest BCUT2D eigenvalue weighted by molar-refractivity contribution is 5.32. The van der Waals surface area contributed by atoms with Gasteiger partial charge >= 0.3 is 0 Å². The Morgan fingerprint density at radius 1 is 1.22 bits per heavy atom. The minimum atomic E-state index is 0.330. The Morgan fingerprint density at radius 3 is 2.67 bits per heavy atom. The molecule has 100 valence electrons. The topological polar surface area (TPSA) is 29.3 Å². The highest BCUT2D eigenvalue weighted by atomic mass is 15.1. The number of rotatable bonds is 3. The molecule has 2 unspecified atom stereocenters. The fourth-order valence-electron chi connectivity index (χ4n) is 2.99. The molecule has 2 N–H and O–H groups in total. The Balaban J connectivity index is 2.13. The summed E-state index contributed by atoms with van der Waals surface area (Å²) >= 11 is 0. The van der Waals surface area contributed by atoms with Crippen LogP contribution in [0.3, 0.4) is 0 Å². The zero-order chi connectivity index (χ0) is 13.1. The molecule has 1 heterocycles. The van der Waals surface area contributed by atoms with Crippen molar-refractivity contribution in [1.29, 1.82) is 0 Å². The van der Waals surface area contributed by atoms with Crippen molar-refractivity contribution in [2.24, 2.45) is 5.73 Å². The summed E-state index contributed by atoms with van der Waals surface area (Å²) in [6.07, 6.45) is 2.34. The van der Waals surface area contributed by atoms with Gasteiger partial charge in [0.1, 0.15) is 0 Å². The van der Waals surface area contributed by atoms with E-state index in [1.165, 1.54) is 36.2 Å². The number of nitrogens with two attached hydrogens (primary N) is 1. The van der Waals surface area contributed by atoms with Crippen molar-refractivity contribution in [1.82, 2.24) is 4.90 Å². The summed E-state index contributed by atoms with van der Waals surface area (Å²) in [7, 11) is 0. The summed E-state index contributed by atoms with van der Waals surface area (Å²) in [5.41, 5.74) is 10.5. The molecule has 1 fully saturated rings. The fourth-order valence-corrected chi connectivity index (χ4v) is 2.99. The van der Waals surface area contributed by atoms with Gasteiger partial charge in [0, 0.05) is 19.1 Å². The molecule has 0 radical (unpaired) electrons. The third kappa shape index (κ3) is 3.12. The van der Waals surface area contributed by atoms with Gasteiger partial charge in [0.2, 0.25) is 0 Å². The molecule has 2 atom stereocenters. The zero-order valence-corrected chi connectivity index (χ0v) is 11.9. The molecule has 0 amide bonds. The number of piperidine rings is 1. The Labute approximate surface area is 111 Å². The minimum Gasteiger partial charge on any atom is -0.327 e. The van der Waals surface area contributed by atoms with Crippen LogP contribution >= 0.6 is 0 Å². The molecule has 1 aliphatic heterocycles. The van der Waals surface area contributed by atoms with E-state index in [2.05, 4.69) is 43.9 Å². The molecule has 0 aliphatic carbocycles. The van der Waals surface area contributed by atoms with E-state index in [9.17, 15) is 0 Å². The summed E-state index contributed by atoms with van der Waals surface area (Å²) in [4.78, 5) is 2.52. The minimum absolute atomic E-state index is 0.330. The lowest BCUT2D eigenvalue weighted by Gasteiger charge is -2.36. The standard InChI is InChI=1S/C16H26N2/c1-4-7-18-10-15(9-16(17)11-18)14-6-5-12(2)13(3)8-14/h5-6,8,15-16H,4,7,9-11,17H2,1-3H3. The molecule has 1 saturated heterocycles. The van der Waals surface area contributed by atoms with Crippen LogP contribution < -0.4 is 5.73 Å². The average molecular weight is 246 g/mol. The molecule has 0 aromatic heterocycles. The molecular weight excluding hydrogens is 220 g/mol. The smallest absolute Gasteiger partial charge is 0.0174 e. The van der Waals surface area contributed by atoms with Crippen LogP contribution in [0.15, 0.2) is 18.2 Å². The summed E-state index contributed by atoms with van der Waals surface area (Å²) in [5, 5.41) is 0. The van der Waals surface area contributed by atoms with Crippen LogP contribution in [-0.2, 0) is 0 Å².